The van der Waals surface area contributed by atoms with Crippen molar-refractivity contribution in [1.29, 1.82) is 0 Å². The standard InChI is InChI=1S/C17H13Cl2N3O2S2/c1-26(24)10-5-2-4-9(8-10)21-17-22-16(20)15(25-17)14(23)13-11(18)6-3-7-12(13)19/h2-8H,20H2,1H3,(H,21,22). The van der Waals surface area contributed by atoms with Crippen LogP contribution in [-0.4, -0.2) is 21.2 Å². The molecule has 1 atom stereocenters. The Morgan fingerprint density at radius 1 is 1.19 bits per heavy atom. The minimum absolute atomic E-state index is 0.0914. The van der Waals surface area contributed by atoms with Gasteiger partial charge in [-0.1, -0.05) is 46.7 Å². The van der Waals surface area contributed by atoms with Gasteiger partial charge in [-0.3, -0.25) is 9.00 Å². The van der Waals surface area contributed by atoms with E-state index in [0.717, 1.165) is 11.3 Å². The molecule has 0 amide bonds. The highest BCUT2D eigenvalue weighted by molar-refractivity contribution is 7.84. The third-order valence-corrected chi connectivity index (χ3v) is 6.00. The first-order valence-electron chi connectivity index (χ1n) is 7.32. The minimum atomic E-state index is -1.10. The lowest BCUT2D eigenvalue weighted by atomic mass is 10.1. The molecule has 1 aromatic heterocycles. The second-order valence-corrected chi connectivity index (χ2v) is 8.46. The largest absolute Gasteiger partial charge is 0.382 e. The van der Waals surface area contributed by atoms with E-state index in [1.807, 2.05) is 0 Å². The van der Waals surface area contributed by atoms with Crippen molar-refractivity contribution in [2.45, 2.75) is 4.90 Å². The summed E-state index contributed by atoms with van der Waals surface area (Å²) >= 11 is 13.3. The van der Waals surface area contributed by atoms with E-state index in [1.54, 1.807) is 48.7 Å². The van der Waals surface area contributed by atoms with Crippen LogP contribution >= 0.6 is 34.5 Å². The fourth-order valence-electron chi connectivity index (χ4n) is 2.25. The summed E-state index contributed by atoms with van der Waals surface area (Å²) in [6.45, 7) is 0. The molecule has 0 saturated carbocycles. The second-order valence-electron chi connectivity index (χ2n) is 5.27. The molecule has 0 aliphatic carbocycles. The molecular weight excluding hydrogens is 413 g/mol. The van der Waals surface area contributed by atoms with Crippen LogP contribution in [0.2, 0.25) is 10.0 Å². The van der Waals surface area contributed by atoms with Crippen molar-refractivity contribution in [2.75, 3.05) is 17.3 Å². The molecule has 2 aromatic carbocycles. The minimum Gasteiger partial charge on any atom is -0.382 e. The average Bonchev–Trinajstić information content (AvgIpc) is 2.95. The van der Waals surface area contributed by atoms with Gasteiger partial charge >= 0.3 is 0 Å². The summed E-state index contributed by atoms with van der Waals surface area (Å²) < 4.78 is 11.6. The van der Waals surface area contributed by atoms with E-state index in [2.05, 4.69) is 10.3 Å². The number of nitrogens with two attached hydrogens (primary N) is 1. The number of carbonyl (C=O) groups excluding carboxylic acids is 1. The number of nitrogens with one attached hydrogen (secondary N) is 1. The van der Waals surface area contributed by atoms with Crippen molar-refractivity contribution in [3.05, 3.63) is 63.0 Å². The number of hydrogen-bond acceptors (Lipinski definition) is 6. The summed E-state index contributed by atoms with van der Waals surface area (Å²) in [5.74, 6) is -0.291. The van der Waals surface area contributed by atoms with Crippen LogP contribution in [0.3, 0.4) is 0 Å². The van der Waals surface area contributed by atoms with Crippen molar-refractivity contribution in [3.63, 3.8) is 0 Å². The molecule has 3 N–H and O–H groups in total. The third kappa shape index (κ3) is 3.91. The topological polar surface area (TPSA) is 85.1 Å². The van der Waals surface area contributed by atoms with Crippen LogP contribution in [0.15, 0.2) is 47.4 Å². The molecule has 26 heavy (non-hydrogen) atoms. The number of rotatable bonds is 5. The fourth-order valence-corrected chi connectivity index (χ4v) is 4.24. The molecule has 9 heteroatoms. The zero-order valence-electron chi connectivity index (χ0n) is 13.5. The van der Waals surface area contributed by atoms with Crippen molar-refractivity contribution in [1.82, 2.24) is 4.98 Å². The maximum absolute atomic E-state index is 12.8. The smallest absolute Gasteiger partial charge is 0.209 e. The average molecular weight is 426 g/mol. The number of ketones is 1. The highest BCUT2D eigenvalue weighted by Gasteiger charge is 2.22. The van der Waals surface area contributed by atoms with Crippen LogP contribution in [0.25, 0.3) is 0 Å². The lowest BCUT2D eigenvalue weighted by Gasteiger charge is -2.04. The summed E-state index contributed by atoms with van der Waals surface area (Å²) in [7, 11) is -1.10. The lowest BCUT2D eigenvalue weighted by Crippen LogP contribution is -2.04. The molecule has 0 bridgehead atoms. The normalized spacial score (nSPS) is 12.0. The number of nitrogens with zero attached hydrogens (tertiary/aromatic N) is 1. The third-order valence-electron chi connectivity index (χ3n) is 3.47. The van der Waals surface area contributed by atoms with E-state index in [4.69, 9.17) is 28.9 Å². The van der Waals surface area contributed by atoms with Crippen LogP contribution in [0.1, 0.15) is 15.2 Å². The summed E-state index contributed by atoms with van der Waals surface area (Å²) in [5.41, 5.74) is 6.81. The first kappa shape index (κ1) is 18.8. The number of hydrogen-bond donors (Lipinski definition) is 2. The maximum Gasteiger partial charge on any atom is 0.209 e. The SMILES string of the molecule is CS(=O)c1cccc(Nc2nc(N)c(C(=O)c3c(Cl)cccc3Cl)s2)c1. The van der Waals surface area contributed by atoms with E-state index >= 15 is 0 Å². The number of halogens is 2. The van der Waals surface area contributed by atoms with E-state index < -0.39 is 10.8 Å². The first-order valence-corrected chi connectivity index (χ1v) is 10.5. The van der Waals surface area contributed by atoms with E-state index in [0.29, 0.717) is 15.7 Å². The van der Waals surface area contributed by atoms with Crippen LogP contribution in [0.4, 0.5) is 16.6 Å². The second kappa shape index (κ2) is 7.75. The number of aromatic nitrogens is 1. The van der Waals surface area contributed by atoms with Crippen LogP contribution in [-0.2, 0) is 10.8 Å². The number of nitrogen functional groups attached to an aromatic ring is 1. The lowest BCUT2D eigenvalue weighted by molar-refractivity contribution is 0.104. The molecule has 0 fully saturated rings. The molecule has 5 nitrogen and oxygen atoms in total. The molecule has 1 unspecified atom stereocenters. The summed E-state index contributed by atoms with van der Waals surface area (Å²) in [4.78, 5) is 17.9. The summed E-state index contributed by atoms with van der Waals surface area (Å²) in [6.07, 6.45) is 1.60. The van der Waals surface area contributed by atoms with Crippen molar-refractivity contribution in [2.24, 2.45) is 0 Å². The molecule has 0 saturated heterocycles. The number of benzene rings is 2. The van der Waals surface area contributed by atoms with Gasteiger partial charge in [0, 0.05) is 27.6 Å². The van der Waals surface area contributed by atoms with Gasteiger partial charge in [0.05, 0.1) is 15.6 Å². The molecular formula is C17H13Cl2N3O2S2. The predicted molar refractivity (Wildman–Crippen MR) is 108 cm³/mol. The van der Waals surface area contributed by atoms with Gasteiger partial charge in [0.15, 0.2) is 5.13 Å². The Balaban J connectivity index is 1.91. The van der Waals surface area contributed by atoms with Crippen LogP contribution in [0, 0.1) is 0 Å². The number of thiazole rings is 1. The molecule has 3 aromatic rings. The van der Waals surface area contributed by atoms with Crippen LogP contribution < -0.4 is 11.1 Å². The Bertz CT molecular complexity index is 1000. The van der Waals surface area contributed by atoms with Gasteiger partial charge < -0.3 is 11.1 Å². The molecule has 1 heterocycles. The Morgan fingerprint density at radius 2 is 1.85 bits per heavy atom. The van der Waals surface area contributed by atoms with Crippen molar-refractivity contribution in [3.8, 4) is 0 Å². The number of anilines is 3. The fraction of sp³-hybridized carbons (Fsp3) is 0.0588. The van der Waals surface area contributed by atoms with Gasteiger partial charge in [-0.25, -0.2) is 4.98 Å². The van der Waals surface area contributed by atoms with E-state index in [-0.39, 0.29) is 32.1 Å². The van der Waals surface area contributed by atoms with Gasteiger partial charge in [-0.05, 0) is 30.3 Å². The van der Waals surface area contributed by atoms with Gasteiger partial charge in [0.25, 0.3) is 0 Å². The van der Waals surface area contributed by atoms with Crippen molar-refractivity contribution < 1.29 is 9.00 Å². The maximum atomic E-state index is 12.8. The monoisotopic (exact) mass is 425 g/mol. The Hall–Kier alpha value is -1.93. The summed E-state index contributed by atoms with van der Waals surface area (Å²) in [6, 6.07) is 12.0. The Labute approximate surface area is 166 Å². The Morgan fingerprint density at radius 3 is 2.50 bits per heavy atom. The molecule has 0 aliphatic rings. The first-order chi connectivity index (χ1) is 12.4. The molecule has 0 radical (unpaired) electrons. The highest BCUT2D eigenvalue weighted by Crippen LogP contribution is 2.34. The number of carbonyl (C=O) groups is 1. The highest BCUT2D eigenvalue weighted by atomic mass is 35.5. The zero-order valence-corrected chi connectivity index (χ0v) is 16.6. The predicted octanol–water partition coefficient (Wildman–Crippen LogP) is 4.74. The van der Waals surface area contributed by atoms with Crippen LogP contribution in [0.5, 0.6) is 0 Å². The van der Waals surface area contributed by atoms with Gasteiger partial charge in [-0.15, -0.1) is 0 Å². The van der Waals surface area contributed by atoms with Gasteiger partial charge in [-0.2, -0.15) is 0 Å². The summed E-state index contributed by atoms with van der Waals surface area (Å²) in [5, 5.41) is 4.01. The Kier molecular flexibility index (Phi) is 5.62. The molecule has 3 rings (SSSR count). The molecule has 0 spiro atoms. The molecule has 0 aliphatic heterocycles. The molecule has 134 valence electrons. The zero-order chi connectivity index (χ0) is 18.8. The van der Waals surface area contributed by atoms with Gasteiger partial charge in [0.1, 0.15) is 10.7 Å². The van der Waals surface area contributed by atoms with Gasteiger partial charge in [0.2, 0.25) is 5.78 Å². The van der Waals surface area contributed by atoms with E-state index in [9.17, 15) is 9.00 Å². The van der Waals surface area contributed by atoms with E-state index in [1.165, 1.54) is 0 Å². The van der Waals surface area contributed by atoms with Crippen molar-refractivity contribution >= 4 is 67.8 Å². The quantitative estimate of drug-likeness (QED) is 0.576.